The highest BCUT2D eigenvalue weighted by atomic mass is 35.5. The monoisotopic (exact) mass is 269 g/mol. The van der Waals surface area contributed by atoms with Gasteiger partial charge in [-0.3, -0.25) is 0 Å². The summed E-state index contributed by atoms with van der Waals surface area (Å²) >= 11 is 5.89. The smallest absolute Gasteiger partial charge is 0.255 e. The maximum atomic E-state index is 9.82. The van der Waals surface area contributed by atoms with Gasteiger partial charge in [0.2, 0.25) is 0 Å². The van der Waals surface area contributed by atoms with Gasteiger partial charge < -0.3 is 10.4 Å². The number of aliphatic hydroxyl groups excluding tert-OH is 1. The van der Waals surface area contributed by atoms with Gasteiger partial charge in [0.05, 0.1) is 6.10 Å². The lowest BCUT2D eigenvalue weighted by Crippen LogP contribution is -2.22. The Morgan fingerprint density at radius 1 is 1.50 bits per heavy atom. The Labute approximate surface area is 110 Å². The third-order valence-electron chi connectivity index (χ3n) is 2.48. The average molecular weight is 270 g/mol. The van der Waals surface area contributed by atoms with E-state index in [0.29, 0.717) is 29.2 Å². The third-order valence-corrected chi connectivity index (χ3v) is 2.68. The first-order chi connectivity index (χ1) is 8.56. The van der Waals surface area contributed by atoms with Crippen molar-refractivity contribution in [1.82, 2.24) is 19.6 Å². The molecule has 2 aromatic rings. The van der Waals surface area contributed by atoms with Crippen LogP contribution < -0.4 is 5.32 Å². The SMILES string of the molecule is CC(C)CC(O)CNc1cc(Cl)nc2ncnn12. The molecule has 0 amide bonds. The fraction of sp³-hybridized carbons (Fsp3) is 0.545. The first-order valence-electron chi connectivity index (χ1n) is 5.84. The van der Waals surface area contributed by atoms with Crippen LogP contribution in [0.4, 0.5) is 5.82 Å². The maximum absolute atomic E-state index is 9.82. The summed E-state index contributed by atoms with van der Waals surface area (Å²) in [4.78, 5) is 7.99. The van der Waals surface area contributed by atoms with Crippen molar-refractivity contribution in [2.75, 3.05) is 11.9 Å². The van der Waals surface area contributed by atoms with E-state index in [1.807, 2.05) is 0 Å². The van der Waals surface area contributed by atoms with Crippen molar-refractivity contribution in [3.63, 3.8) is 0 Å². The summed E-state index contributed by atoms with van der Waals surface area (Å²) in [6.07, 6.45) is 1.75. The molecule has 2 heterocycles. The van der Waals surface area contributed by atoms with E-state index in [4.69, 9.17) is 11.6 Å². The highest BCUT2D eigenvalue weighted by Crippen LogP contribution is 2.15. The van der Waals surface area contributed by atoms with Crippen LogP contribution in [-0.2, 0) is 0 Å². The summed E-state index contributed by atoms with van der Waals surface area (Å²) in [5.41, 5.74) is 0. The number of aromatic nitrogens is 4. The van der Waals surface area contributed by atoms with Gasteiger partial charge in [0.15, 0.2) is 0 Å². The second kappa shape index (κ2) is 5.49. The van der Waals surface area contributed by atoms with Crippen LogP contribution in [0.25, 0.3) is 5.78 Å². The fourth-order valence-electron chi connectivity index (χ4n) is 1.76. The minimum Gasteiger partial charge on any atom is -0.391 e. The Kier molecular flexibility index (Phi) is 3.98. The lowest BCUT2D eigenvalue weighted by molar-refractivity contribution is 0.161. The molecule has 6 nitrogen and oxygen atoms in total. The van der Waals surface area contributed by atoms with Gasteiger partial charge in [0, 0.05) is 12.6 Å². The molecule has 0 aromatic carbocycles. The molecular formula is C11H16ClN5O. The largest absolute Gasteiger partial charge is 0.391 e. The third kappa shape index (κ3) is 3.08. The molecule has 0 aliphatic heterocycles. The van der Waals surface area contributed by atoms with E-state index in [9.17, 15) is 5.11 Å². The van der Waals surface area contributed by atoms with Gasteiger partial charge in [-0.05, 0) is 12.3 Å². The molecule has 98 valence electrons. The van der Waals surface area contributed by atoms with Crippen LogP contribution in [0, 0.1) is 5.92 Å². The molecule has 0 aliphatic rings. The Hall–Kier alpha value is -1.40. The molecule has 0 bridgehead atoms. The van der Waals surface area contributed by atoms with Crippen LogP contribution in [0.2, 0.25) is 5.15 Å². The van der Waals surface area contributed by atoms with Crippen LogP contribution in [0.1, 0.15) is 20.3 Å². The van der Waals surface area contributed by atoms with E-state index in [2.05, 4.69) is 34.2 Å². The summed E-state index contributed by atoms with van der Waals surface area (Å²) in [5.74, 6) is 1.56. The number of hydrogen-bond donors (Lipinski definition) is 2. The standard InChI is InChI=1S/C11H16ClN5O/c1-7(2)3-8(18)5-13-10-4-9(12)16-11-14-6-15-17(10)11/h4,6-8,13,18H,3,5H2,1-2H3. The van der Waals surface area contributed by atoms with E-state index in [0.717, 1.165) is 6.42 Å². The summed E-state index contributed by atoms with van der Waals surface area (Å²) in [6, 6.07) is 1.66. The summed E-state index contributed by atoms with van der Waals surface area (Å²) in [6.45, 7) is 4.58. The quantitative estimate of drug-likeness (QED) is 0.807. The maximum Gasteiger partial charge on any atom is 0.255 e. The van der Waals surface area contributed by atoms with Crippen molar-refractivity contribution >= 4 is 23.2 Å². The molecule has 2 rings (SSSR count). The molecule has 0 spiro atoms. The molecule has 18 heavy (non-hydrogen) atoms. The molecule has 2 N–H and O–H groups in total. The lowest BCUT2D eigenvalue weighted by Gasteiger charge is -2.15. The van der Waals surface area contributed by atoms with Gasteiger partial charge in [-0.2, -0.15) is 19.6 Å². The second-order valence-corrected chi connectivity index (χ2v) is 4.99. The molecular weight excluding hydrogens is 254 g/mol. The lowest BCUT2D eigenvalue weighted by atomic mass is 10.1. The second-order valence-electron chi connectivity index (χ2n) is 4.60. The van der Waals surface area contributed by atoms with E-state index in [1.165, 1.54) is 6.33 Å². The molecule has 0 aliphatic carbocycles. The van der Waals surface area contributed by atoms with Crippen molar-refractivity contribution in [1.29, 1.82) is 0 Å². The Morgan fingerprint density at radius 3 is 3.00 bits per heavy atom. The number of nitrogens with one attached hydrogen (secondary N) is 1. The number of nitrogens with zero attached hydrogens (tertiary/aromatic N) is 4. The van der Waals surface area contributed by atoms with Crippen LogP contribution in [0.15, 0.2) is 12.4 Å². The molecule has 7 heteroatoms. The first-order valence-corrected chi connectivity index (χ1v) is 6.22. The molecule has 2 aromatic heterocycles. The van der Waals surface area contributed by atoms with Gasteiger partial charge in [-0.25, -0.2) is 0 Å². The van der Waals surface area contributed by atoms with Crippen molar-refractivity contribution in [3.05, 3.63) is 17.5 Å². The highest BCUT2D eigenvalue weighted by Gasteiger charge is 2.10. The zero-order chi connectivity index (χ0) is 13.1. The van der Waals surface area contributed by atoms with E-state index < -0.39 is 6.10 Å². The summed E-state index contributed by atoms with van der Waals surface area (Å²) in [5, 5.41) is 17.3. The van der Waals surface area contributed by atoms with Crippen LogP contribution in [-0.4, -0.2) is 37.3 Å². The molecule has 0 saturated heterocycles. The highest BCUT2D eigenvalue weighted by molar-refractivity contribution is 6.29. The number of hydrogen-bond acceptors (Lipinski definition) is 5. The number of anilines is 1. The van der Waals surface area contributed by atoms with Crippen molar-refractivity contribution in [2.24, 2.45) is 5.92 Å². The van der Waals surface area contributed by atoms with Crippen molar-refractivity contribution in [2.45, 2.75) is 26.4 Å². The topological polar surface area (TPSA) is 75.3 Å². The van der Waals surface area contributed by atoms with Gasteiger partial charge in [0.1, 0.15) is 17.3 Å². The molecule has 0 radical (unpaired) electrons. The van der Waals surface area contributed by atoms with Crippen LogP contribution in [0.5, 0.6) is 0 Å². The van der Waals surface area contributed by atoms with E-state index >= 15 is 0 Å². The first kappa shape index (κ1) is 13.0. The van der Waals surface area contributed by atoms with Crippen molar-refractivity contribution < 1.29 is 5.11 Å². The van der Waals surface area contributed by atoms with Gasteiger partial charge in [-0.1, -0.05) is 25.4 Å². The number of rotatable bonds is 5. The summed E-state index contributed by atoms with van der Waals surface area (Å²) in [7, 11) is 0. The van der Waals surface area contributed by atoms with Crippen molar-refractivity contribution in [3.8, 4) is 0 Å². The Bertz CT molecular complexity index is 527. The van der Waals surface area contributed by atoms with Crippen LogP contribution in [0.3, 0.4) is 0 Å². The number of fused-ring (bicyclic) bond motifs is 1. The van der Waals surface area contributed by atoms with Gasteiger partial charge >= 0.3 is 0 Å². The van der Waals surface area contributed by atoms with Gasteiger partial charge in [-0.15, -0.1) is 0 Å². The fourth-order valence-corrected chi connectivity index (χ4v) is 1.94. The van der Waals surface area contributed by atoms with Gasteiger partial charge in [0.25, 0.3) is 5.78 Å². The summed E-state index contributed by atoms with van der Waals surface area (Å²) < 4.78 is 1.55. The average Bonchev–Trinajstić information content (AvgIpc) is 2.72. The van der Waals surface area contributed by atoms with E-state index in [1.54, 1.807) is 10.6 Å². The molecule has 1 atom stereocenters. The molecule has 0 saturated carbocycles. The molecule has 0 fully saturated rings. The normalized spacial score (nSPS) is 13.2. The zero-order valence-electron chi connectivity index (χ0n) is 10.3. The number of aliphatic hydroxyl groups is 1. The Balaban J connectivity index is 2.09. The van der Waals surface area contributed by atoms with E-state index in [-0.39, 0.29) is 0 Å². The minimum absolute atomic E-state index is 0.344. The van der Waals surface area contributed by atoms with Crippen LogP contribution >= 0.6 is 11.6 Å². The predicted octanol–water partition coefficient (Wildman–Crippen LogP) is 1.60. The number of halogens is 1. The zero-order valence-corrected chi connectivity index (χ0v) is 11.1. The predicted molar refractivity (Wildman–Crippen MR) is 69.7 cm³/mol. The minimum atomic E-state index is -0.407. The molecule has 1 unspecified atom stereocenters. The Morgan fingerprint density at radius 2 is 2.28 bits per heavy atom.